The van der Waals surface area contributed by atoms with Crippen LogP contribution in [0.1, 0.15) is 17.4 Å². The smallest absolute Gasteiger partial charge is 0.357 e. The Labute approximate surface area is 243 Å². The number of aromatic nitrogens is 1. The van der Waals surface area contributed by atoms with Gasteiger partial charge in [0, 0.05) is 23.5 Å². The van der Waals surface area contributed by atoms with Gasteiger partial charge in [0.05, 0.1) is 23.6 Å². The normalized spacial score (nSPS) is 16.5. The van der Waals surface area contributed by atoms with Crippen LogP contribution in [0.4, 0.5) is 0 Å². The molecule has 0 N–H and O–H groups in total. The molecule has 0 amide bonds. The van der Waals surface area contributed by atoms with Crippen LogP contribution in [-0.4, -0.2) is 70.1 Å². The molecule has 0 bridgehead atoms. The molecule has 1 aliphatic rings. The minimum Gasteiger partial charge on any atom is -0.491 e. The van der Waals surface area contributed by atoms with Gasteiger partial charge < -0.3 is 14.2 Å². The van der Waals surface area contributed by atoms with Crippen molar-refractivity contribution in [1.29, 1.82) is 0 Å². The average Bonchev–Trinajstić information content (AvgIpc) is 3.33. The molecule has 1 fully saturated rings. The number of ether oxygens (including phenoxy) is 3. The van der Waals surface area contributed by atoms with Gasteiger partial charge in [-0.3, -0.25) is 0 Å². The van der Waals surface area contributed by atoms with E-state index in [0.717, 1.165) is 8.28 Å². The monoisotopic (exact) mass is 618 g/mol. The third-order valence-corrected chi connectivity index (χ3v) is 10.4. The molecule has 2 heterocycles. The van der Waals surface area contributed by atoms with Crippen LogP contribution in [0.15, 0.2) is 88.7 Å². The SMILES string of the molecule is CCOC(=O)c1c(S(=O)(=O)N2CCOC(COc3ccccc3)C2)c2cc(Cl)ccc2n1S(=O)(=O)c1ccccc1. The van der Waals surface area contributed by atoms with Crippen LogP contribution >= 0.6 is 11.6 Å². The van der Waals surface area contributed by atoms with Crippen molar-refractivity contribution < 1.29 is 35.8 Å². The number of morpholine rings is 1. The van der Waals surface area contributed by atoms with E-state index >= 15 is 0 Å². The first-order valence-corrected chi connectivity index (χ1v) is 16.0. The second kappa shape index (κ2) is 11.8. The minimum absolute atomic E-state index is 0.0227. The number of esters is 1. The Balaban J connectivity index is 1.64. The number of carbonyl (C=O) groups is 1. The van der Waals surface area contributed by atoms with E-state index in [4.69, 9.17) is 25.8 Å². The van der Waals surface area contributed by atoms with Gasteiger partial charge >= 0.3 is 5.97 Å². The molecule has 4 aromatic rings. The quantitative estimate of drug-likeness (QED) is 0.256. The van der Waals surface area contributed by atoms with Crippen LogP contribution in [0.3, 0.4) is 0 Å². The molecule has 1 aliphatic heterocycles. The summed E-state index contributed by atoms with van der Waals surface area (Å²) in [7, 11) is -8.93. The molecule has 216 valence electrons. The molecule has 0 spiro atoms. The number of hydrogen-bond acceptors (Lipinski definition) is 8. The van der Waals surface area contributed by atoms with Gasteiger partial charge in [0.2, 0.25) is 10.0 Å². The fourth-order valence-corrected chi connectivity index (χ4v) is 8.20. The van der Waals surface area contributed by atoms with E-state index in [1.165, 1.54) is 42.5 Å². The van der Waals surface area contributed by atoms with Gasteiger partial charge in [-0.15, -0.1) is 0 Å². The van der Waals surface area contributed by atoms with Gasteiger partial charge in [-0.05, 0) is 49.4 Å². The summed E-state index contributed by atoms with van der Waals surface area (Å²) in [5.74, 6) is -0.500. The Morgan fingerprint density at radius 3 is 2.34 bits per heavy atom. The molecule has 0 radical (unpaired) electrons. The number of nitrogens with zero attached hydrogens (tertiary/aromatic N) is 2. The molecular weight excluding hydrogens is 592 g/mol. The predicted octanol–water partition coefficient (Wildman–Crippen LogP) is 4.18. The van der Waals surface area contributed by atoms with Gasteiger partial charge in [0.1, 0.15) is 23.4 Å². The van der Waals surface area contributed by atoms with E-state index in [2.05, 4.69) is 0 Å². The number of rotatable bonds is 9. The van der Waals surface area contributed by atoms with Crippen LogP contribution < -0.4 is 4.74 Å². The average molecular weight is 619 g/mol. The number of para-hydroxylation sites is 1. The first-order valence-electron chi connectivity index (χ1n) is 12.8. The summed E-state index contributed by atoms with van der Waals surface area (Å²) in [6.45, 7) is 1.47. The molecule has 0 saturated carbocycles. The number of benzene rings is 3. The second-order valence-corrected chi connectivity index (χ2v) is 13.2. The van der Waals surface area contributed by atoms with E-state index in [0.29, 0.717) is 5.75 Å². The van der Waals surface area contributed by atoms with Crippen molar-refractivity contribution in [3.8, 4) is 5.75 Å². The maximum Gasteiger partial charge on any atom is 0.357 e. The lowest BCUT2D eigenvalue weighted by Crippen LogP contribution is -2.47. The zero-order valence-corrected chi connectivity index (χ0v) is 24.4. The predicted molar refractivity (Wildman–Crippen MR) is 152 cm³/mol. The van der Waals surface area contributed by atoms with Crippen LogP contribution in [0.25, 0.3) is 10.9 Å². The van der Waals surface area contributed by atoms with E-state index in [1.54, 1.807) is 25.1 Å². The molecule has 1 aromatic heterocycles. The molecule has 1 atom stereocenters. The third-order valence-electron chi connectivity index (χ3n) is 6.47. The van der Waals surface area contributed by atoms with Crippen LogP contribution in [0.2, 0.25) is 5.02 Å². The second-order valence-electron chi connectivity index (χ2n) is 9.12. The first-order chi connectivity index (χ1) is 19.6. The highest BCUT2D eigenvalue weighted by Gasteiger charge is 2.41. The molecular formula is C28H27ClN2O8S2. The zero-order valence-electron chi connectivity index (χ0n) is 22.0. The third kappa shape index (κ3) is 5.70. The van der Waals surface area contributed by atoms with Crippen molar-refractivity contribution in [1.82, 2.24) is 8.28 Å². The summed E-state index contributed by atoms with van der Waals surface area (Å²) in [4.78, 5) is 12.8. The fourth-order valence-electron chi connectivity index (χ4n) is 4.64. The molecule has 13 heteroatoms. The topological polar surface area (TPSA) is 121 Å². The van der Waals surface area contributed by atoms with Crippen LogP contribution in [0.5, 0.6) is 5.75 Å². The van der Waals surface area contributed by atoms with E-state index in [-0.39, 0.29) is 53.7 Å². The summed E-state index contributed by atoms with van der Waals surface area (Å²) in [5.41, 5.74) is -0.659. The zero-order chi connectivity index (χ0) is 29.2. The number of carbonyl (C=O) groups excluding carboxylic acids is 1. The van der Waals surface area contributed by atoms with Crippen molar-refractivity contribution in [2.24, 2.45) is 0 Å². The highest BCUT2D eigenvalue weighted by Crippen LogP contribution is 2.37. The maximum atomic E-state index is 14.3. The summed E-state index contributed by atoms with van der Waals surface area (Å²) in [6, 6.07) is 20.6. The number of halogens is 1. The highest BCUT2D eigenvalue weighted by atomic mass is 35.5. The summed E-state index contributed by atoms with van der Waals surface area (Å²) in [6.07, 6.45) is -0.616. The maximum absolute atomic E-state index is 14.3. The van der Waals surface area contributed by atoms with Gasteiger partial charge in [0.25, 0.3) is 10.0 Å². The Kier molecular flexibility index (Phi) is 8.39. The first kappa shape index (κ1) is 29.1. The lowest BCUT2D eigenvalue weighted by molar-refractivity contribution is -0.0249. The Morgan fingerprint density at radius 1 is 0.976 bits per heavy atom. The number of fused-ring (bicyclic) bond motifs is 1. The van der Waals surface area contributed by atoms with E-state index in [1.807, 2.05) is 18.2 Å². The number of sulfonamides is 1. The van der Waals surface area contributed by atoms with E-state index in [9.17, 15) is 21.6 Å². The van der Waals surface area contributed by atoms with Crippen LogP contribution in [0, 0.1) is 0 Å². The molecule has 1 saturated heterocycles. The number of hydrogen-bond donors (Lipinski definition) is 0. The van der Waals surface area contributed by atoms with Crippen molar-refractivity contribution in [3.05, 3.63) is 89.6 Å². The van der Waals surface area contributed by atoms with Gasteiger partial charge in [-0.1, -0.05) is 48.0 Å². The lowest BCUT2D eigenvalue weighted by Gasteiger charge is -2.32. The molecule has 0 aliphatic carbocycles. The van der Waals surface area contributed by atoms with Gasteiger partial charge in [-0.2, -0.15) is 4.31 Å². The molecule has 5 rings (SSSR count). The van der Waals surface area contributed by atoms with Gasteiger partial charge in [-0.25, -0.2) is 25.6 Å². The summed E-state index contributed by atoms with van der Waals surface area (Å²) < 4.78 is 75.1. The largest absolute Gasteiger partial charge is 0.491 e. The molecule has 1 unspecified atom stereocenters. The molecule has 41 heavy (non-hydrogen) atoms. The Morgan fingerprint density at radius 2 is 1.66 bits per heavy atom. The van der Waals surface area contributed by atoms with Gasteiger partial charge in [0.15, 0.2) is 5.69 Å². The summed E-state index contributed by atoms with van der Waals surface area (Å²) >= 11 is 6.26. The fraction of sp³-hybridized carbons (Fsp3) is 0.250. The Hall–Kier alpha value is -3.42. The lowest BCUT2D eigenvalue weighted by atomic mass is 10.2. The Bertz CT molecular complexity index is 1780. The van der Waals surface area contributed by atoms with E-state index < -0.39 is 42.7 Å². The molecule has 10 nitrogen and oxygen atoms in total. The van der Waals surface area contributed by atoms with Crippen molar-refractivity contribution in [3.63, 3.8) is 0 Å². The van der Waals surface area contributed by atoms with Crippen molar-refractivity contribution >= 4 is 48.5 Å². The standard InChI is InChI=1S/C28H27ClN2O8S2/c1-2-37-28(32)26-27(41(35,36)30-15-16-38-22(18-30)19-39-21-9-5-3-6-10-21)24-17-20(29)13-14-25(24)31(26)40(33,34)23-11-7-4-8-12-23/h3-14,17,22H,2,15-16,18-19H2,1H3. The summed E-state index contributed by atoms with van der Waals surface area (Å²) in [5, 5.41) is 0.137. The minimum atomic E-state index is -4.48. The van der Waals surface area contributed by atoms with Crippen molar-refractivity contribution in [2.45, 2.75) is 22.8 Å². The van der Waals surface area contributed by atoms with Crippen LogP contribution in [-0.2, 0) is 29.5 Å². The highest BCUT2D eigenvalue weighted by molar-refractivity contribution is 7.91. The van der Waals surface area contributed by atoms with Crippen molar-refractivity contribution in [2.75, 3.05) is 32.9 Å². The molecule has 3 aromatic carbocycles.